The summed E-state index contributed by atoms with van der Waals surface area (Å²) in [5.41, 5.74) is 1.15. The number of thioether (sulfide) groups is 1. The molecule has 0 aliphatic carbocycles. The average Bonchev–Trinajstić information content (AvgIpc) is 2.79. The summed E-state index contributed by atoms with van der Waals surface area (Å²) in [5, 5.41) is 14.9. The van der Waals surface area contributed by atoms with E-state index in [2.05, 4.69) is 10.3 Å². The Labute approximate surface area is 183 Å². The van der Waals surface area contributed by atoms with Crippen LogP contribution >= 0.6 is 11.8 Å². The summed E-state index contributed by atoms with van der Waals surface area (Å²) in [5.74, 6) is -0.170. The summed E-state index contributed by atoms with van der Waals surface area (Å²) in [6.45, 7) is 2.11. The highest BCUT2D eigenvalue weighted by Gasteiger charge is 2.19. The second-order valence-electron chi connectivity index (χ2n) is 7.26. The van der Waals surface area contributed by atoms with Crippen LogP contribution in [0.4, 0.5) is 5.69 Å². The van der Waals surface area contributed by atoms with Crippen molar-refractivity contribution in [2.75, 3.05) is 11.9 Å². The number of aliphatic hydroxyl groups excluding tert-OH is 1. The number of hydrogen-bond acceptors (Lipinski definition) is 5. The maximum Gasteiger partial charge on any atom is 0.262 e. The topological polar surface area (TPSA) is 84.2 Å². The van der Waals surface area contributed by atoms with E-state index in [4.69, 9.17) is 0 Å². The van der Waals surface area contributed by atoms with E-state index in [1.54, 1.807) is 29.7 Å². The molecule has 0 fully saturated rings. The third-order valence-electron chi connectivity index (χ3n) is 5.03. The normalized spacial score (nSPS) is 12.2. The molecule has 31 heavy (non-hydrogen) atoms. The number of aliphatic hydroxyl groups is 1. The lowest BCUT2D eigenvalue weighted by Crippen LogP contribution is -2.27. The molecule has 1 atom stereocenters. The molecule has 0 saturated heterocycles. The average molecular weight is 434 g/mol. The minimum Gasteiger partial charge on any atom is -0.396 e. The molecule has 158 valence electrons. The molecule has 1 aromatic heterocycles. The van der Waals surface area contributed by atoms with Crippen molar-refractivity contribution in [1.82, 2.24) is 9.55 Å². The number of hydrogen-bond donors (Lipinski definition) is 2. The molecule has 6 nitrogen and oxygen atoms in total. The summed E-state index contributed by atoms with van der Waals surface area (Å²) >= 11 is 1.24. The zero-order valence-corrected chi connectivity index (χ0v) is 17.9. The summed E-state index contributed by atoms with van der Waals surface area (Å²) in [6.07, 6.45) is 0.436. The third kappa shape index (κ3) is 4.62. The fourth-order valence-corrected chi connectivity index (χ4v) is 4.32. The Hall–Kier alpha value is -3.16. The lowest BCUT2D eigenvalue weighted by Gasteiger charge is -2.16. The van der Waals surface area contributed by atoms with Gasteiger partial charge in [0.15, 0.2) is 5.16 Å². The van der Waals surface area contributed by atoms with Gasteiger partial charge in [0.1, 0.15) is 0 Å². The van der Waals surface area contributed by atoms with Crippen LogP contribution in [0, 0.1) is 0 Å². The fraction of sp³-hybridized carbons (Fsp3) is 0.208. The van der Waals surface area contributed by atoms with Crippen LogP contribution in [-0.4, -0.2) is 32.4 Å². The zero-order valence-electron chi connectivity index (χ0n) is 17.1. The van der Waals surface area contributed by atoms with Gasteiger partial charge >= 0.3 is 0 Å². The predicted octanol–water partition coefficient (Wildman–Crippen LogP) is 4.05. The van der Waals surface area contributed by atoms with E-state index in [0.29, 0.717) is 29.0 Å². The predicted molar refractivity (Wildman–Crippen MR) is 126 cm³/mol. The molecule has 7 heteroatoms. The SMILES string of the molecule is C[C@@H](Sc1nc2ccccc2c(=O)n1CCCO)C(=O)Nc1ccc2ccccc2c1. The Morgan fingerprint density at radius 3 is 2.65 bits per heavy atom. The number of benzene rings is 3. The minimum atomic E-state index is -0.472. The Morgan fingerprint density at radius 1 is 1.10 bits per heavy atom. The van der Waals surface area contributed by atoms with Crippen molar-refractivity contribution in [2.45, 2.75) is 30.3 Å². The summed E-state index contributed by atoms with van der Waals surface area (Å²) in [4.78, 5) is 30.4. The van der Waals surface area contributed by atoms with Gasteiger partial charge in [0.2, 0.25) is 5.91 Å². The highest BCUT2D eigenvalue weighted by atomic mass is 32.2. The zero-order chi connectivity index (χ0) is 21.8. The van der Waals surface area contributed by atoms with Gasteiger partial charge in [-0.15, -0.1) is 0 Å². The first-order chi connectivity index (χ1) is 15.1. The van der Waals surface area contributed by atoms with Crippen LogP contribution in [0.5, 0.6) is 0 Å². The van der Waals surface area contributed by atoms with Crippen molar-refractivity contribution in [3.8, 4) is 0 Å². The number of anilines is 1. The van der Waals surface area contributed by atoms with Gasteiger partial charge in [-0.05, 0) is 48.4 Å². The van der Waals surface area contributed by atoms with Gasteiger partial charge < -0.3 is 10.4 Å². The van der Waals surface area contributed by atoms with Gasteiger partial charge in [-0.3, -0.25) is 14.2 Å². The van der Waals surface area contributed by atoms with Crippen LogP contribution in [0.1, 0.15) is 13.3 Å². The molecule has 0 radical (unpaired) electrons. The number of carbonyl (C=O) groups excluding carboxylic acids is 1. The number of carbonyl (C=O) groups is 1. The lowest BCUT2D eigenvalue weighted by atomic mass is 10.1. The molecule has 0 aliphatic heterocycles. The molecule has 0 unspecified atom stereocenters. The number of nitrogens with zero attached hydrogens (tertiary/aromatic N) is 2. The van der Waals surface area contributed by atoms with Crippen molar-refractivity contribution in [3.63, 3.8) is 0 Å². The van der Waals surface area contributed by atoms with E-state index in [9.17, 15) is 14.7 Å². The van der Waals surface area contributed by atoms with E-state index >= 15 is 0 Å². The molecule has 1 amide bonds. The molecule has 0 saturated carbocycles. The number of rotatable bonds is 7. The van der Waals surface area contributed by atoms with Gasteiger partial charge in [-0.1, -0.05) is 54.2 Å². The first kappa shape index (κ1) is 21.1. The second kappa shape index (κ2) is 9.32. The second-order valence-corrected chi connectivity index (χ2v) is 8.56. The molecule has 0 bridgehead atoms. The lowest BCUT2D eigenvalue weighted by molar-refractivity contribution is -0.115. The monoisotopic (exact) mass is 433 g/mol. The quantitative estimate of drug-likeness (QED) is 0.339. The highest BCUT2D eigenvalue weighted by molar-refractivity contribution is 8.00. The fourth-order valence-electron chi connectivity index (χ4n) is 3.39. The summed E-state index contributed by atoms with van der Waals surface area (Å²) < 4.78 is 1.54. The first-order valence-corrected chi connectivity index (χ1v) is 11.0. The van der Waals surface area contributed by atoms with Crippen molar-refractivity contribution in [1.29, 1.82) is 0 Å². The molecular weight excluding hydrogens is 410 g/mol. The smallest absolute Gasteiger partial charge is 0.262 e. The number of aromatic nitrogens is 2. The molecule has 3 aromatic carbocycles. The van der Waals surface area contributed by atoms with Crippen molar-refractivity contribution in [2.24, 2.45) is 0 Å². The minimum absolute atomic E-state index is 0.0264. The van der Waals surface area contributed by atoms with Crippen molar-refractivity contribution >= 4 is 45.0 Å². The van der Waals surface area contributed by atoms with Crippen LogP contribution in [-0.2, 0) is 11.3 Å². The number of amides is 1. The Kier molecular flexibility index (Phi) is 6.34. The molecular formula is C24H23N3O3S. The van der Waals surface area contributed by atoms with Crippen LogP contribution < -0.4 is 10.9 Å². The van der Waals surface area contributed by atoms with E-state index in [1.165, 1.54) is 11.8 Å². The van der Waals surface area contributed by atoms with Crippen LogP contribution in [0.25, 0.3) is 21.7 Å². The van der Waals surface area contributed by atoms with Crippen molar-refractivity contribution in [3.05, 3.63) is 77.1 Å². The maximum absolute atomic E-state index is 12.9. The maximum atomic E-state index is 12.9. The van der Waals surface area contributed by atoms with Crippen LogP contribution in [0.15, 0.2) is 76.7 Å². The molecule has 0 spiro atoms. The largest absolute Gasteiger partial charge is 0.396 e. The van der Waals surface area contributed by atoms with Gasteiger partial charge in [0.05, 0.1) is 16.2 Å². The Balaban J connectivity index is 1.58. The third-order valence-corrected chi connectivity index (χ3v) is 6.12. The van der Waals surface area contributed by atoms with Gasteiger partial charge in [0, 0.05) is 18.8 Å². The highest BCUT2D eigenvalue weighted by Crippen LogP contribution is 2.25. The van der Waals surface area contributed by atoms with Gasteiger partial charge in [-0.25, -0.2) is 4.98 Å². The number of nitrogens with one attached hydrogen (secondary N) is 1. The standard InChI is InChI=1S/C24H23N3O3S/c1-16(22(29)25-19-12-11-17-7-2-3-8-18(17)15-19)31-24-26-21-10-5-4-9-20(21)23(30)27(24)13-6-14-28/h2-5,7-12,15-16,28H,6,13-14H2,1H3,(H,25,29)/t16-/m1/s1. The van der Waals surface area contributed by atoms with E-state index in [1.807, 2.05) is 48.5 Å². The first-order valence-electron chi connectivity index (χ1n) is 10.1. The Bertz CT molecular complexity index is 1300. The Morgan fingerprint density at radius 2 is 1.84 bits per heavy atom. The van der Waals surface area contributed by atoms with Gasteiger partial charge in [0.25, 0.3) is 5.56 Å². The van der Waals surface area contributed by atoms with E-state index < -0.39 is 5.25 Å². The van der Waals surface area contributed by atoms with E-state index in [-0.39, 0.29) is 18.1 Å². The molecule has 4 aromatic rings. The van der Waals surface area contributed by atoms with Gasteiger partial charge in [-0.2, -0.15) is 0 Å². The summed E-state index contributed by atoms with van der Waals surface area (Å²) in [6, 6.07) is 20.9. The summed E-state index contributed by atoms with van der Waals surface area (Å²) in [7, 11) is 0. The molecule has 0 aliphatic rings. The number of para-hydroxylation sites is 1. The molecule has 2 N–H and O–H groups in total. The van der Waals surface area contributed by atoms with E-state index in [0.717, 1.165) is 16.5 Å². The van der Waals surface area contributed by atoms with Crippen LogP contribution in [0.2, 0.25) is 0 Å². The van der Waals surface area contributed by atoms with Crippen molar-refractivity contribution < 1.29 is 9.90 Å². The van der Waals surface area contributed by atoms with Crippen LogP contribution in [0.3, 0.4) is 0 Å². The molecule has 1 heterocycles. The molecule has 4 rings (SSSR count). The number of fused-ring (bicyclic) bond motifs is 2.